The minimum atomic E-state index is 0.215. The molecule has 1 aliphatic heterocycles. The normalized spacial score (nSPS) is 13.2. The summed E-state index contributed by atoms with van der Waals surface area (Å²) in [5, 5.41) is 4.65. The molecule has 0 radical (unpaired) electrons. The van der Waals surface area contributed by atoms with Crippen molar-refractivity contribution in [2.24, 2.45) is 7.05 Å². The van der Waals surface area contributed by atoms with Crippen molar-refractivity contribution >= 4 is 5.91 Å². The second kappa shape index (κ2) is 9.11. The molecule has 0 N–H and O–H groups in total. The number of carbonyl (C=O) groups is 1. The van der Waals surface area contributed by atoms with Crippen molar-refractivity contribution in [3.05, 3.63) is 76.7 Å². The molecule has 0 bridgehead atoms. The zero-order valence-electron chi connectivity index (χ0n) is 17.7. The quantitative estimate of drug-likeness (QED) is 0.604. The van der Waals surface area contributed by atoms with Gasteiger partial charge in [0.2, 0.25) is 11.8 Å². The summed E-state index contributed by atoms with van der Waals surface area (Å²) in [7, 11) is 1.96. The maximum atomic E-state index is 12.8. The van der Waals surface area contributed by atoms with Gasteiger partial charge in [-0.15, -0.1) is 0 Å². The molecule has 4 rings (SSSR count). The Morgan fingerprint density at radius 1 is 1.13 bits per heavy atom. The van der Waals surface area contributed by atoms with Crippen LogP contribution in [0, 0.1) is 6.92 Å². The number of pyridine rings is 1. The molecule has 0 fully saturated rings. The molecule has 0 saturated heterocycles. The predicted molar refractivity (Wildman–Crippen MR) is 115 cm³/mol. The van der Waals surface area contributed by atoms with Crippen molar-refractivity contribution < 1.29 is 9.53 Å². The van der Waals surface area contributed by atoms with Gasteiger partial charge in [0.05, 0.1) is 0 Å². The lowest BCUT2D eigenvalue weighted by Gasteiger charge is -2.28. The fourth-order valence-electron chi connectivity index (χ4n) is 3.99. The number of hydrogen-bond acceptors (Lipinski definition) is 4. The molecule has 2 aromatic heterocycles. The third kappa shape index (κ3) is 4.70. The van der Waals surface area contributed by atoms with Crippen molar-refractivity contribution in [2.75, 3.05) is 6.54 Å². The summed E-state index contributed by atoms with van der Waals surface area (Å²) < 4.78 is 7.80. The van der Waals surface area contributed by atoms with E-state index in [1.807, 2.05) is 60.0 Å². The SMILES string of the molecule is Cc1cccc(OCc2nn(C)c3c2CN(C(=O)CCCc2ccccc2)CC3)n1. The predicted octanol–water partition coefficient (Wildman–Crippen LogP) is 3.61. The molecule has 0 atom stereocenters. The Labute approximate surface area is 177 Å². The minimum Gasteiger partial charge on any atom is -0.471 e. The first-order valence-electron chi connectivity index (χ1n) is 10.5. The number of aryl methyl sites for hydroxylation is 3. The summed E-state index contributed by atoms with van der Waals surface area (Å²) in [5.74, 6) is 0.812. The first-order chi connectivity index (χ1) is 14.6. The van der Waals surface area contributed by atoms with E-state index in [1.54, 1.807) is 0 Å². The summed E-state index contributed by atoms with van der Waals surface area (Å²) >= 11 is 0. The first kappa shape index (κ1) is 20.1. The molecule has 30 heavy (non-hydrogen) atoms. The summed E-state index contributed by atoms with van der Waals surface area (Å²) in [6, 6.07) is 16.1. The van der Waals surface area contributed by atoms with Crippen molar-refractivity contribution in [3.8, 4) is 5.88 Å². The van der Waals surface area contributed by atoms with Gasteiger partial charge in [-0.2, -0.15) is 5.10 Å². The third-order valence-corrected chi connectivity index (χ3v) is 5.60. The highest BCUT2D eigenvalue weighted by Gasteiger charge is 2.26. The molecule has 6 heteroatoms. The van der Waals surface area contributed by atoms with Gasteiger partial charge < -0.3 is 9.64 Å². The molecule has 6 nitrogen and oxygen atoms in total. The molecule has 1 aromatic carbocycles. The monoisotopic (exact) mass is 404 g/mol. The standard InChI is InChI=1S/C24H28N4O2/c1-18-8-6-12-23(25-18)30-17-21-20-16-28(15-14-22(20)27(2)26-21)24(29)13-7-11-19-9-4-3-5-10-19/h3-6,8-10,12H,7,11,13-17H2,1-2H3. The lowest BCUT2D eigenvalue weighted by atomic mass is 10.0. The Morgan fingerprint density at radius 3 is 2.77 bits per heavy atom. The van der Waals surface area contributed by atoms with E-state index in [2.05, 4.69) is 22.2 Å². The van der Waals surface area contributed by atoms with Crippen molar-refractivity contribution in [1.29, 1.82) is 0 Å². The van der Waals surface area contributed by atoms with Crippen LogP contribution in [-0.4, -0.2) is 32.1 Å². The zero-order chi connectivity index (χ0) is 20.9. The van der Waals surface area contributed by atoms with Crippen molar-refractivity contribution in [2.45, 2.75) is 45.8 Å². The molecule has 0 aliphatic carbocycles. The number of carbonyl (C=O) groups excluding carboxylic acids is 1. The smallest absolute Gasteiger partial charge is 0.222 e. The number of nitrogens with zero attached hydrogens (tertiary/aromatic N) is 4. The fraction of sp³-hybridized carbons (Fsp3) is 0.375. The highest BCUT2D eigenvalue weighted by molar-refractivity contribution is 5.76. The molecule has 156 valence electrons. The van der Waals surface area contributed by atoms with Crippen LogP contribution >= 0.6 is 0 Å². The summed E-state index contributed by atoms with van der Waals surface area (Å²) in [6.07, 6.45) is 3.20. The molecule has 3 aromatic rings. The number of fused-ring (bicyclic) bond motifs is 1. The summed E-state index contributed by atoms with van der Waals surface area (Å²) in [4.78, 5) is 19.1. The molecule has 0 unspecified atom stereocenters. The highest BCUT2D eigenvalue weighted by Crippen LogP contribution is 2.24. The zero-order valence-corrected chi connectivity index (χ0v) is 17.7. The van der Waals surface area contributed by atoms with Gasteiger partial charge in [0, 0.05) is 56.0 Å². The van der Waals surface area contributed by atoms with Crippen LogP contribution < -0.4 is 4.74 Å². The van der Waals surface area contributed by atoms with Gasteiger partial charge in [-0.1, -0.05) is 36.4 Å². The van der Waals surface area contributed by atoms with Crippen LogP contribution in [0.15, 0.2) is 48.5 Å². The molecular formula is C24H28N4O2. The van der Waals surface area contributed by atoms with Crippen LogP contribution in [0.5, 0.6) is 5.88 Å². The number of aromatic nitrogens is 3. The minimum absolute atomic E-state index is 0.215. The molecule has 3 heterocycles. The number of rotatable bonds is 7. The van der Waals surface area contributed by atoms with Crippen molar-refractivity contribution in [3.63, 3.8) is 0 Å². The van der Waals surface area contributed by atoms with Crippen LogP contribution in [0.2, 0.25) is 0 Å². The average Bonchev–Trinajstić information content (AvgIpc) is 3.08. The van der Waals surface area contributed by atoms with E-state index in [0.717, 1.165) is 42.8 Å². The number of ether oxygens (including phenoxy) is 1. The second-order valence-corrected chi connectivity index (χ2v) is 7.81. The molecule has 0 spiro atoms. The van der Waals surface area contributed by atoms with E-state index < -0.39 is 0 Å². The van der Waals surface area contributed by atoms with Crippen LogP contribution in [0.1, 0.15) is 41.1 Å². The molecule has 1 aliphatic rings. The molecule has 0 saturated carbocycles. The van der Waals surface area contributed by atoms with E-state index in [1.165, 1.54) is 11.3 Å². The lowest BCUT2D eigenvalue weighted by molar-refractivity contribution is -0.132. The first-order valence-corrected chi connectivity index (χ1v) is 10.5. The molecule has 1 amide bonds. The largest absolute Gasteiger partial charge is 0.471 e. The fourth-order valence-corrected chi connectivity index (χ4v) is 3.99. The Morgan fingerprint density at radius 2 is 1.97 bits per heavy atom. The summed E-state index contributed by atoms with van der Waals surface area (Å²) in [6.45, 7) is 3.65. The Kier molecular flexibility index (Phi) is 6.12. The Balaban J connectivity index is 1.37. The maximum absolute atomic E-state index is 12.8. The van der Waals surface area contributed by atoms with E-state index in [-0.39, 0.29) is 5.91 Å². The van der Waals surface area contributed by atoms with Gasteiger partial charge in [-0.25, -0.2) is 4.98 Å². The van der Waals surface area contributed by atoms with Crippen LogP contribution in [0.4, 0.5) is 0 Å². The van der Waals surface area contributed by atoms with Gasteiger partial charge in [-0.3, -0.25) is 9.48 Å². The number of hydrogen-bond donors (Lipinski definition) is 0. The van der Waals surface area contributed by atoms with Gasteiger partial charge in [0.25, 0.3) is 0 Å². The van der Waals surface area contributed by atoms with Crippen LogP contribution in [0.25, 0.3) is 0 Å². The Hall–Kier alpha value is -3.15. The van der Waals surface area contributed by atoms with Gasteiger partial charge >= 0.3 is 0 Å². The average molecular weight is 405 g/mol. The maximum Gasteiger partial charge on any atom is 0.222 e. The lowest BCUT2D eigenvalue weighted by Crippen LogP contribution is -2.36. The summed E-state index contributed by atoms with van der Waals surface area (Å²) in [5.41, 5.74) is 5.40. The van der Waals surface area contributed by atoms with E-state index >= 15 is 0 Å². The number of amides is 1. The van der Waals surface area contributed by atoms with E-state index in [9.17, 15) is 4.79 Å². The van der Waals surface area contributed by atoms with Gasteiger partial charge in [-0.05, 0) is 31.4 Å². The van der Waals surface area contributed by atoms with Crippen LogP contribution in [-0.2, 0) is 37.8 Å². The van der Waals surface area contributed by atoms with Gasteiger partial charge in [0.1, 0.15) is 12.3 Å². The Bertz CT molecular complexity index is 1010. The second-order valence-electron chi connectivity index (χ2n) is 7.81. The third-order valence-electron chi connectivity index (χ3n) is 5.60. The number of benzene rings is 1. The molecular weight excluding hydrogens is 376 g/mol. The highest BCUT2D eigenvalue weighted by atomic mass is 16.5. The van der Waals surface area contributed by atoms with Crippen molar-refractivity contribution in [1.82, 2.24) is 19.7 Å². The van der Waals surface area contributed by atoms with Crippen LogP contribution in [0.3, 0.4) is 0 Å². The van der Waals surface area contributed by atoms with E-state index in [0.29, 0.717) is 25.5 Å². The topological polar surface area (TPSA) is 60.2 Å². The van der Waals surface area contributed by atoms with Gasteiger partial charge in [0.15, 0.2) is 0 Å². The van der Waals surface area contributed by atoms with E-state index in [4.69, 9.17) is 4.74 Å².